The van der Waals surface area contributed by atoms with Crippen LogP contribution >= 0.6 is 0 Å². The van der Waals surface area contributed by atoms with Crippen molar-refractivity contribution in [3.8, 4) is 0 Å². The Labute approximate surface area is 165 Å². The van der Waals surface area contributed by atoms with Crippen LogP contribution in [0.2, 0.25) is 0 Å². The first-order valence-electron chi connectivity index (χ1n) is 10.4. The first kappa shape index (κ1) is 17.6. The molecule has 2 aromatic carbocycles. The Balaban J connectivity index is 1.35. The van der Waals surface area contributed by atoms with Crippen molar-refractivity contribution < 1.29 is 9.21 Å². The van der Waals surface area contributed by atoms with Gasteiger partial charge in [-0.25, -0.2) is 4.98 Å². The zero-order valence-electron chi connectivity index (χ0n) is 16.3. The summed E-state index contributed by atoms with van der Waals surface area (Å²) >= 11 is 0. The largest absolute Gasteiger partial charge is 0.441 e. The van der Waals surface area contributed by atoms with Crippen LogP contribution in [0.25, 0.3) is 11.1 Å². The number of carbonyl (C=O) groups excluding carboxylic acids is 1. The topological polar surface area (TPSA) is 46.3 Å². The van der Waals surface area contributed by atoms with E-state index in [9.17, 15) is 4.79 Å². The summed E-state index contributed by atoms with van der Waals surface area (Å²) < 4.78 is 5.63. The predicted molar refractivity (Wildman–Crippen MR) is 109 cm³/mol. The lowest BCUT2D eigenvalue weighted by Gasteiger charge is -2.48. The van der Waals surface area contributed by atoms with E-state index < -0.39 is 0 Å². The molecule has 4 heteroatoms. The van der Waals surface area contributed by atoms with Crippen molar-refractivity contribution in [2.24, 2.45) is 5.92 Å². The lowest BCUT2D eigenvalue weighted by molar-refractivity contribution is 0.00906. The molecule has 144 valence electrons. The van der Waals surface area contributed by atoms with Crippen LogP contribution in [-0.4, -0.2) is 27.8 Å². The van der Waals surface area contributed by atoms with Crippen molar-refractivity contribution in [2.45, 2.75) is 57.7 Å². The summed E-state index contributed by atoms with van der Waals surface area (Å²) in [5, 5.41) is 0. The van der Waals surface area contributed by atoms with Crippen molar-refractivity contribution in [2.75, 3.05) is 0 Å². The first-order valence-corrected chi connectivity index (χ1v) is 10.4. The average Bonchev–Trinajstić information content (AvgIpc) is 3.07. The molecule has 0 radical (unpaired) electrons. The van der Waals surface area contributed by atoms with E-state index in [1.807, 2.05) is 25.1 Å². The van der Waals surface area contributed by atoms with Crippen LogP contribution < -0.4 is 0 Å². The summed E-state index contributed by atoms with van der Waals surface area (Å²) in [4.78, 5) is 20.3. The molecule has 4 nitrogen and oxygen atoms in total. The Morgan fingerprint density at radius 3 is 2.61 bits per heavy atom. The number of hydrogen-bond donors (Lipinski definition) is 0. The van der Waals surface area contributed by atoms with Crippen LogP contribution in [-0.2, 0) is 6.54 Å². The Bertz CT molecular complexity index is 980. The van der Waals surface area contributed by atoms with Crippen LogP contribution in [0.4, 0.5) is 0 Å². The van der Waals surface area contributed by atoms with Gasteiger partial charge in [0, 0.05) is 37.0 Å². The van der Waals surface area contributed by atoms with E-state index >= 15 is 0 Å². The van der Waals surface area contributed by atoms with Gasteiger partial charge in [0.2, 0.25) is 0 Å². The van der Waals surface area contributed by atoms with Gasteiger partial charge in [0.15, 0.2) is 17.3 Å². The molecular weight excluding hydrogens is 348 g/mol. The zero-order chi connectivity index (χ0) is 19.1. The summed E-state index contributed by atoms with van der Waals surface area (Å²) in [6.45, 7) is 2.84. The third-order valence-electron chi connectivity index (χ3n) is 6.48. The number of Topliss-reactive ketones (excluding diaryl/α,β-unsaturated/α-hetero) is 1. The van der Waals surface area contributed by atoms with Gasteiger partial charge in [-0.3, -0.25) is 9.69 Å². The van der Waals surface area contributed by atoms with E-state index in [2.05, 4.69) is 40.2 Å². The normalized spacial score (nSPS) is 25.1. The minimum Gasteiger partial charge on any atom is -0.441 e. The lowest BCUT2D eigenvalue weighted by Crippen LogP contribution is -2.52. The Kier molecular flexibility index (Phi) is 4.52. The summed E-state index contributed by atoms with van der Waals surface area (Å²) in [5.74, 6) is 1.03. The quantitative estimate of drug-likeness (QED) is 0.592. The maximum atomic E-state index is 13.3. The van der Waals surface area contributed by atoms with Gasteiger partial charge < -0.3 is 4.42 Å². The Hall–Kier alpha value is -2.46. The number of ketones is 1. The summed E-state index contributed by atoms with van der Waals surface area (Å²) in [5.41, 5.74) is 3.67. The van der Waals surface area contributed by atoms with E-state index in [0.717, 1.165) is 30.5 Å². The second-order valence-corrected chi connectivity index (χ2v) is 8.34. The monoisotopic (exact) mass is 374 g/mol. The fraction of sp³-hybridized carbons (Fsp3) is 0.417. The van der Waals surface area contributed by atoms with E-state index in [0.29, 0.717) is 23.6 Å². The van der Waals surface area contributed by atoms with Crippen LogP contribution in [0.3, 0.4) is 0 Å². The standard InChI is InChI=1S/C24H26N2O2/c1-16-25-22-11-10-18(14-23(22)28-16)24(27)19-12-20-8-5-9-21(13-19)26(20)15-17-6-3-2-4-7-17/h2-4,6-7,10-11,14,19-21H,5,8-9,12-13,15H2,1H3. The van der Waals surface area contributed by atoms with E-state index in [1.54, 1.807) is 0 Å². The number of benzene rings is 2. The first-order chi connectivity index (χ1) is 13.7. The fourth-order valence-electron chi connectivity index (χ4n) is 5.17. The molecule has 0 saturated carbocycles. The molecule has 2 fully saturated rings. The van der Waals surface area contributed by atoms with Crippen molar-refractivity contribution in [1.82, 2.24) is 9.88 Å². The Morgan fingerprint density at radius 2 is 1.86 bits per heavy atom. The van der Waals surface area contributed by atoms with E-state index in [4.69, 9.17) is 4.42 Å². The van der Waals surface area contributed by atoms with Gasteiger partial charge in [0.1, 0.15) is 5.52 Å². The third-order valence-corrected chi connectivity index (χ3v) is 6.48. The molecule has 0 N–H and O–H groups in total. The summed E-state index contributed by atoms with van der Waals surface area (Å²) in [6, 6.07) is 17.4. The molecule has 28 heavy (non-hydrogen) atoms. The minimum atomic E-state index is 0.115. The van der Waals surface area contributed by atoms with Crippen LogP contribution in [0, 0.1) is 12.8 Å². The number of hydrogen-bond acceptors (Lipinski definition) is 4. The van der Waals surface area contributed by atoms with Crippen molar-refractivity contribution in [3.63, 3.8) is 0 Å². The van der Waals surface area contributed by atoms with Gasteiger partial charge in [-0.05, 0) is 49.4 Å². The van der Waals surface area contributed by atoms with Crippen LogP contribution in [0.1, 0.15) is 53.9 Å². The number of aryl methyl sites for hydroxylation is 1. The fourth-order valence-corrected chi connectivity index (χ4v) is 5.17. The SMILES string of the molecule is Cc1nc2ccc(C(=O)C3CC4CCCC(C3)N4Cc3ccccc3)cc2o1. The predicted octanol–water partition coefficient (Wildman–Crippen LogP) is 5.15. The number of rotatable bonds is 4. The number of fused-ring (bicyclic) bond motifs is 3. The highest BCUT2D eigenvalue weighted by Gasteiger charge is 2.40. The van der Waals surface area contributed by atoms with Crippen molar-refractivity contribution in [3.05, 3.63) is 65.5 Å². The molecule has 3 heterocycles. The molecule has 0 spiro atoms. The van der Waals surface area contributed by atoms with Gasteiger partial charge in [0.05, 0.1) is 0 Å². The molecular formula is C24H26N2O2. The van der Waals surface area contributed by atoms with Gasteiger partial charge >= 0.3 is 0 Å². The van der Waals surface area contributed by atoms with Gasteiger partial charge in [-0.1, -0.05) is 36.8 Å². The number of piperidine rings is 2. The molecule has 5 rings (SSSR count). The maximum absolute atomic E-state index is 13.3. The Morgan fingerprint density at radius 1 is 1.11 bits per heavy atom. The maximum Gasteiger partial charge on any atom is 0.192 e. The average molecular weight is 374 g/mol. The third kappa shape index (κ3) is 3.26. The second kappa shape index (κ2) is 7.17. The van der Waals surface area contributed by atoms with Gasteiger partial charge in [-0.2, -0.15) is 0 Å². The summed E-state index contributed by atoms with van der Waals surface area (Å²) in [7, 11) is 0. The van der Waals surface area contributed by atoms with Gasteiger partial charge in [-0.15, -0.1) is 0 Å². The number of carbonyl (C=O) groups is 1. The highest BCUT2D eigenvalue weighted by molar-refractivity contribution is 6.00. The number of aromatic nitrogens is 1. The molecule has 0 amide bonds. The highest BCUT2D eigenvalue weighted by atomic mass is 16.3. The molecule has 2 unspecified atom stereocenters. The number of oxazole rings is 1. The summed E-state index contributed by atoms with van der Waals surface area (Å²) in [6.07, 6.45) is 5.62. The van der Waals surface area contributed by atoms with E-state index in [1.165, 1.54) is 24.8 Å². The molecule has 2 bridgehead atoms. The lowest BCUT2D eigenvalue weighted by atomic mass is 9.75. The smallest absolute Gasteiger partial charge is 0.192 e. The molecule has 2 saturated heterocycles. The molecule has 0 aliphatic carbocycles. The highest BCUT2D eigenvalue weighted by Crippen LogP contribution is 2.39. The molecule has 2 aliphatic rings. The minimum absolute atomic E-state index is 0.115. The number of nitrogens with zero attached hydrogens (tertiary/aromatic N) is 2. The van der Waals surface area contributed by atoms with Gasteiger partial charge in [0.25, 0.3) is 0 Å². The zero-order valence-corrected chi connectivity index (χ0v) is 16.3. The molecule has 2 atom stereocenters. The molecule has 1 aromatic heterocycles. The van der Waals surface area contributed by atoms with Crippen molar-refractivity contribution >= 4 is 16.9 Å². The second-order valence-electron chi connectivity index (χ2n) is 8.34. The van der Waals surface area contributed by atoms with Crippen LogP contribution in [0.15, 0.2) is 52.9 Å². The molecule has 3 aromatic rings. The van der Waals surface area contributed by atoms with Crippen LogP contribution in [0.5, 0.6) is 0 Å². The molecule has 2 aliphatic heterocycles. The van der Waals surface area contributed by atoms with Crippen molar-refractivity contribution in [1.29, 1.82) is 0 Å². The van der Waals surface area contributed by atoms with E-state index in [-0.39, 0.29) is 11.7 Å².